The quantitative estimate of drug-likeness (QED) is 0.861. The molecule has 1 atom stereocenters. The first-order valence-corrected chi connectivity index (χ1v) is 6.92. The van der Waals surface area contributed by atoms with Crippen molar-refractivity contribution in [3.05, 3.63) is 22.8 Å². The topological polar surface area (TPSA) is 71.2 Å². The molecule has 1 saturated heterocycles. The van der Waals surface area contributed by atoms with E-state index in [4.69, 9.17) is 17.3 Å². The molecule has 0 aromatic carbocycles. The minimum absolute atomic E-state index is 0.194. The largest absolute Gasteiger partial charge is 0.370 e. The average Bonchev–Trinajstić information content (AvgIpc) is 2.82. The van der Waals surface area contributed by atoms with Crippen LogP contribution in [-0.2, 0) is 11.3 Å². The highest BCUT2D eigenvalue weighted by molar-refractivity contribution is 6.31. The number of likely N-dealkylation sites (tertiary alicyclic amines) is 1. The summed E-state index contributed by atoms with van der Waals surface area (Å²) in [6.45, 7) is 4.24. The molecule has 1 fully saturated rings. The zero-order chi connectivity index (χ0) is 13.8. The van der Waals surface area contributed by atoms with Crippen LogP contribution in [0.25, 0.3) is 0 Å². The maximum atomic E-state index is 11.4. The molecule has 104 valence electrons. The molecule has 0 spiro atoms. The van der Waals surface area contributed by atoms with Gasteiger partial charge in [-0.1, -0.05) is 11.6 Å². The van der Waals surface area contributed by atoms with E-state index in [-0.39, 0.29) is 11.9 Å². The second kappa shape index (κ2) is 6.21. The third-order valence-electron chi connectivity index (χ3n) is 3.32. The van der Waals surface area contributed by atoms with E-state index in [1.807, 2.05) is 24.0 Å². The van der Waals surface area contributed by atoms with Crippen molar-refractivity contribution in [1.82, 2.24) is 9.88 Å². The molecule has 1 aliphatic heterocycles. The van der Waals surface area contributed by atoms with Gasteiger partial charge in [-0.25, -0.2) is 4.98 Å². The summed E-state index contributed by atoms with van der Waals surface area (Å²) in [6, 6.07) is 3.49. The van der Waals surface area contributed by atoms with Gasteiger partial charge in [0.1, 0.15) is 5.82 Å². The van der Waals surface area contributed by atoms with E-state index in [2.05, 4.69) is 10.3 Å². The van der Waals surface area contributed by atoms with E-state index in [0.717, 1.165) is 37.4 Å². The van der Waals surface area contributed by atoms with Gasteiger partial charge < -0.3 is 11.1 Å². The number of primary amides is 1. The van der Waals surface area contributed by atoms with Crippen LogP contribution >= 0.6 is 11.6 Å². The van der Waals surface area contributed by atoms with Gasteiger partial charge in [0, 0.05) is 13.1 Å². The second-order valence-electron chi connectivity index (χ2n) is 4.69. The molecule has 19 heavy (non-hydrogen) atoms. The SMILES string of the molecule is CCNc1ccc(Cl)c(CN2CCCC2C(N)=O)n1. The molecule has 2 rings (SSSR count). The van der Waals surface area contributed by atoms with Crippen molar-refractivity contribution < 1.29 is 4.79 Å². The number of hydrogen-bond acceptors (Lipinski definition) is 4. The van der Waals surface area contributed by atoms with Crippen LogP contribution in [0.2, 0.25) is 5.02 Å². The van der Waals surface area contributed by atoms with Crippen LogP contribution < -0.4 is 11.1 Å². The number of carbonyl (C=O) groups excluding carboxylic acids is 1. The van der Waals surface area contributed by atoms with Crippen LogP contribution in [0.15, 0.2) is 12.1 Å². The summed E-state index contributed by atoms with van der Waals surface area (Å²) in [5, 5.41) is 3.78. The van der Waals surface area contributed by atoms with E-state index in [9.17, 15) is 4.79 Å². The maximum absolute atomic E-state index is 11.4. The molecule has 6 heteroatoms. The molecule has 1 aliphatic rings. The molecule has 0 bridgehead atoms. The van der Waals surface area contributed by atoms with Crippen molar-refractivity contribution in [1.29, 1.82) is 0 Å². The molecule has 0 radical (unpaired) electrons. The molecule has 0 aliphatic carbocycles. The first-order chi connectivity index (χ1) is 9.11. The number of rotatable bonds is 5. The van der Waals surface area contributed by atoms with E-state index < -0.39 is 0 Å². The zero-order valence-corrected chi connectivity index (χ0v) is 11.8. The van der Waals surface area contributed by atoms with Crippen LogP contribution in [0, 0.1) is 0 Å². The lowest BCUT2D eigenvalue weighted by Gasteiger charge is -2.22. The molecule has 5 nitrogen and oxygen atoms in total. The normalized spacial score (nSPS) is 19.6. The van der Waals surface area contributed by atoms with Crippen LogP contribution in [0.3, 0.4) is 0 Å². The number of hydrogen-bond donors (Lipinski definition) is 2. The van der Waals surface area contributed by atoms with Gasteiger partial charge in [0.25, 0.3) is 0 Å². The van der Waals surface area contributed by atoms with Crippen molar-refractivity contribution in [2.75, 3.05) is 18.4 Å². The Kier molecular flexibility index (Phi) is 4.61. The summed E-state index contributed by atoms with van der Waals surface area (Å²) in [4.78, 5) is 17.9. The summed E-state index contributed by atoms with van der Waals surface area (Å²) >= 11 is 6.17. The number of pyridine rings is 1. The van der Waals surface area contributed by atoms with Crippen molar-refractivity contribution >= 4 is 23.3 Å². The number of nitrogens with zero attached hydrogens (tertiary/aromatic N) is 2. The molecule has 1 amide bonds. The summed E-state index contributed by atoms with van der Waals surface area (Å²) in [5.74, 6) is 0.535. The molecule has 3 N–H and O–H groups in total. The molecular formula is C13H19ClN4O. The van der Waals surface area contributed by atoms with Gasteiger partial charge in [-0.05, 0) is 38.4 Å². The lowest BCUT2D eigenvalue weighted by atomic mass is 10.2. The highest BCUT2D eigenvalue weighted by atomic mass is 35.5. The minimum Gasteiger partial charge on any atom is -0.370 e. The Morgan fingerprint density at radius 1 is 1.63 bits per heavy atom. The number of carbonyl (C=O) groups is 1. The standard InChI is InChI=1S/C13H19ClN4O/c1-2-16-12-6-5-9(14)10(17-12)8-18-7-3-4-11(18)13(15)19/h5-6,11H,2-4,7-8H2,1H3,(H2,15,19)(H,16,17). The van der Waals surface area contributed by atoms with Gasteiger partial charge in [0.2, 0.25) is 5.91 Å². The lowest BCUT2D eigenvalue weighted by Crippen LogP contribution is -2.40. The Bertz CT molecular complexity index is 466. The van der Waals surface area contributed by atoms with Crippen LogP contribution in [0.4, 0.5) is 5.82 Å². The van der Waals surface area contributed by atoms with Crippen molar-refractivity contribution in [3.63, 3.8) is 0 Å². The summed E-state index contributed by atoms with van der Waals surface area (Å²) in [7, 11) is 0. The number of nitrogens with two attached hydrogens (primary N) is 1. The summed E-state index contributed by atoms with van der Waals surface area (Å²) in [5.41, 5.74) is 6.20. The minimum atomic E-state index is -0.267. The Balaban J connectivity index is 2.13. The number of anilines is 1. The Morgan fingerprint density at radius 2 is 2.42 bits per heavy atom. The van der Waals surface area contributed by atoms with Crippen LogP contribution in [-0.4, -0.2) is 34.9 Å². The molecule has 1 aromatic heterocycles. The van der Waals surface area contributed by atoms with Crippen LogP contribution in [0.5, 0.6) is 0 Å². The highest BCUT2D eigenvalue weighted by Gasteiger charge is 2.29. The second-order valence-corrected chi connectivity index (χ2v) is 5.09. The van der Waals surface area contributed by atoms with Gasteiger partial charge in [-0.2, -0.15) is 0 Å². The van der Waals surface area contributed by atoms with Gasteiger partial charge >= 0.3 is 0 Å². The predicted octanol–water partition coefficient (Wildman–Crippen LogP) is 1.62. The summed E-state index contributed by atoms with van der Waals surface area (Å²) < 4.78 is 0. The highest BCUT2D eigenvalue weighted by Crippen LogP contribution is 2.23. The molecular weight excluding hydrogens is 264 g/mol. The fourth-order valence-corrected chi connectivity index (χ4v) is 2.57. The van der Waals surface area contributed by atoms with E-state index >= 15 is 0 Å². The van der Waals surface area contributed by atoms with Crippen LogP contribution in [0.1, 0.15) is 25.5 Å². The number of nitrogens with one attached hydrogen (secondary N) is 1. The Hall–Kier alpha value is -1.33. The monoisotopic (exact) mass is 282 g/mol. The maximum Gasteiger partial charge on any atom is 0.234 e. The molecule has 0 saturated carbocycles. The van der Waals surface area contributed by atoms with Gasteiger partial charge in [0.05, 0.1) is 16.8 Å². The fourth-order valence-electron chi connectivity index (χ4n) is 2.40. The van der Waals surface area contributed by atoms with Gasteiger partial charge in [-0.3, -0.25) is 9.69 Å². The predicted molar refractivity (Wildman–Crippen MR) is 76.0 cm³/mol. The van der Waals surface area contributed by atoms with Crippen molar-refractivity contribution in [2.45, 2.75) is 32.4 Å². The third kappa shape index (κ3) is 3.36. The smallest absolute Gasteiger partial charge is 0.234 e. The van der Waals surface area contributed by atoms with E-state index in [1.54, 1.807) is 0 Å². The zero-order valence-electron chi connectivity index (χ0n) is 11.0. The number of halogens is 1. The van der Waals surface area contributed by atoms with Gasteiger partial charge in [0.15, 0.2) is 0 Å². The molecule has 1 unspecified atom stereocenters. The number of aromatic nitrogens is 1. The Morgan fingerprint density at radius 3 is 3.11 bits per heavy atom. The molecule has 2 heterocycles. The number of amides is 1. The molecule has 1 aromatic rings. The van der Waals surface area contributed by atoms with E-state index in [1.165, 1.54) is 0 Å². The van der Waals surface area contributed by atoms with Gasteiger partial charge in [-0.15, -0.1) is 0 Å². The first-order valence-electron chi connectivity index (χ1n) is 6.54. The van der Waals surface area contributed by atoms with Crippen molar-refractivity contribution in [2.24, 2.45) is 5.73 Å². The fraction of sp³-hybridized carbons (Fsp3) is 0.538. The Labute approximate surface area is 118 Å². The lowest BCUT2D eigenvalue weighted by molar-refractivity contribution is -0.122. The summed E-state index contributed by atoms with van der Waals surface area (Å²) in [6.07, 6.45) is 1.80. The van der Waals surface area contributed by atoms with E-state index in [0.29, 0.717) is 11.6 Å². The van der Waals surface area contributed by atoms with Crippen molar-refractivity contribution in [3.8, 4) is 0 Å². The average molecular weight is 283 g/mol. The first kappa shape index (κ1) is 14.1. The third-order valence-corrected chi connectivity index (χ3v) is 3.67.